The van der Waals surface area contributed by atoms with Gasteiger partial charge in [-0.3, -0.25) is 0 Å². The SMILES string of the molecule is NC(=O)OCc1c#cccc1. The normalized spacial score (nSPS) is 8.36. The molecule has 0 aliphatic rings. The lowest BCUT2D eigenvalue weighted by Gasteiger charge is -1.96. The maximum absolute atomic E-state index is 10.1. The van der Waals surface area contributed by atoms with Crippen LogP contribution in [0.2, 0.25) is 0 Å². The van der Waals surface area contributed by atoms with Crippen molar-refractivity contribution in [2.24, 2.45) is 5.73 Å². The molecule has 0 unspecified atom stereocenters. The fourth-order valence-electron chi connectivity index (χ4n) is 0.621. The zero-order valence-electron chi connectivity index (χ0n) is 5.83. The van der Waals surface area contributed by atoms with E-state index in [0.29, 0.717) is 0 Å². The van der Waals surface area contributed by atoms with Crippen LogP contribution in [-0.2, 0) is 11.3 Å². The number of hydrogen-bond donors (Lipinski definition) is 1. The van der Waals surface area contributed by atoms with Crippen LogP contribution in [0.4, 0.5) is 4.79 Å². The molecule has 3 heteroatoms. The zero-order valence-corrected chi connectivity index (χ0v) is 5.83. The zero-order chi connectivity index (χ0) is 8.10. The quantitative estimate of drug-likeness (QED) is 0.678. The van der Waals surface area contributed by atoms with Crippen LogP contribution in [0, 0.1) is 12.1 Å². The Labute approximate surface area is 64.8 Å². The highest BCUT2D eigenvalue weighted by Crippen LogP contribution is 1.94. The summed E-state index contributed by atoms with van der Waals surface area (Å²) in [6.45, 7) is 0.159. The van der Waals surface area contributed by atoms with E-state index in [9.17, 15) is 4.79 Å². The molecule has 0 aliphatic carbocycles. The Morgan fingerprint density at radius 1 is 1.73 bits per heavy atom. The Balaban J connectivity index is 2.45. The van der Waals surface area contributed by atoms with E-state index in [2.05, 4.69) is 16.9 Å². The van der Waals surface area contributed by atoms with Crippen molar-refractivity contribution in [1.29, 1.82) is 0 Å². The van der Waals surface area contributed by atoms with Gasteiger partial charge in [-0.25, -0.2) is 4.79 Å². The molecule has 0 fully saturated rings. The molecule has 0 aromatic heterocycles. The van der Waals surface area contributed by atoms with Crippen molar-refractivity contribution in [2.75, 3.05) is 0 Å². The van der Waals surface area contributed by atoms with Gasteiger partial charge in [-0.15, -0.1) is 0 Å². The highest BCUT2D eigenvalue weighted by molar-refractivity contribution is 5.64. The smallest absolute Gasteiger partial charge is 0.404 e. The number of hydrogen-bond acceptors (Lipinski definition) is 2. The standard InChI is InChI=1S/C8H7NO2/c9-8(10)11-6-7-4-2-1-3-5-7/h1-2,4H,6H2,(H2,9,10). The number of ether oxygens (including phenoxy) is 1. The van der Waals surface area contributed by atoms with E-state index in [1.165, 1.54) is 0 Å². The van der Waals surface area contributed by atoms with Gasteiger partial charge in [0, 0.05) is 5.56 Å². The predicted molar refractivity (Wildman–Crippen MR) is 38.5 cm³/mol. The van der Waals surface area contributed by atoms with Crippen molar-refractivity contribution in [3.63, 3.8) is 0 Å². The molecule has 1 amide bonds. The van der Waals surface area contributed by atoms with Gasteiger partial charge in [-0.2, -0.15) is 0 Å². The van der Waals surface area contributed by atoms with Gasteiger partial charge in [0.15, 0.2) is 0 Å². The fraction of sp³-hybridized carbons (Fsp3) is 0.125. The lowest BCUT2D eigenvalue weighted by atomic mass is 10.3. The molecule has 0 saturated heterocycles. The van der Waals surface area contributed by atoms with Gasteiger partial charge in [-0.05, 0) is 12.1 Å². The molecule has 0 aliphatic heterocycles. The second kappa shape index (κ2) is 3.47. The largest absolute Gasteiger partial charge is 0.444 e. The first-order chi connectivity index (χ1) is 5.29. The van der Waals surface area contributed by atoms with E-state index in [1.54, 1.807) is 18.2 Å². The van der Waals surface area contributed by atoms with Gasteiger partial charge in [-0.1, -0.05) is 18.2 Å². The fourth-order valence-corrected chi connectivity index (χ4v) is 0.621. The van der Waals surface area contributed by atoms with Crippen LogP contribution in [0.3, 0.4) is 0 Å². The number of carbonyl (C=O) groups excluding carboxylic acids is 1. The van der Waals surface area contributed by atoms with Crippen molar-refractivity contribution < 1.29 is 9.53 Å². The lowest BCUT2D eigenvalue weighted by molar-refractivity contribution is 0.150. The molecular formula is C8H7NO2. The van der Waals surface area contributed by atoms with E-state index >= 15 is 0 Å². The summed E-state index contributed by atoms with van der Waals surface area (Å²) in [5.41, 5.74) is 5.51. The average molecular weight is 149 g/mol. The first kappa shape index (κ1) is 7.42. The third-order valence-electron chi connectivity index (χ3n) is 1.08. The Morgan fingerprint density at radius 2 is 2.55 bits per heavy atom. The summed E-state index contributed by atoms with van der Waals surface area (Å²) >= 11 is 0. The number of rotatable bonds is 2. The van der Waals surface area contributed by atoms with E-state index in [4.69, 9.17) is 5.73 Å². The molecule has 1 aromatic carbocycles. The average Bonchev–Trinajstić information content (AvgIpc) is 2.03. The minimum absolute atomic E-state index is 0.159. The molecule has 0 radical (unpaired) electrons. The minimum Gasteiger partial charge on any atom is -0.444 e. The van der Waals surface area contributed by atoms with Crippen molar-refractivity contribution in [1.82, 2.24) is 0 Å². The number of primary amides is 1. The molecule has 3 nitrogen and oxygen atoms in total. The van der Waals surface area contributed by atoms with E-state index in [1.807, 2.05) is 0 Å². The summed E-state index contributed by atoms with van der Waals surface area (Å²) in [6.07, 6.45) is -0.776. The first-order valence-corrected chi connectivity index (χ1v) is 3.08. The van der Waals surface area contributed by atoms with Crippen LogP contribution >= 0.6 is 0 Å². The van der Waals surface area contributed by atoms with Crippen molar-refractivity contribution >= 4 is 6.09 Å². The second-order valence-corrected chi connectivity index (χ2v) is 1.93. The van der Waals surface area contributed by atoms with Gasteiger partial charge < -0.3 is 10.5 Å². The van der Waals surface area contributed by atoms with Crippen LogP contribution in [0.1, 0.15) is 5.56 Å². The summed E-state index contributed by atoms with van der Waals surface area (Å²) in [5, 5.41) is 0. The maximum Gasteiger partial charge on any atom is 0.404 e. The number of nitrogens with two attached hydrogens (primary N) is 1. The summed E-state index contributed by atoms with van der Waals surface area (Å²) in [7, 11) is 0. The highest BCUT2D eigenvalue weighted by atomic mass is 16.5. The van der Waals surface area contributed by atoms with Gasteiger partial charge >= 0.3 is 6.09 Å². The molecule has 1 rings (SSSR count). The molecule has 0 spiro atoms. The van der Waals surface area contributed by atoms with E-state index in [-0.39, 0.29) is 6.61 Å². The predicted octanol–water partition coefficient (Wildman–Crippen LogP) is 0.882. The first-order valence-electron chi connectivity index (χ1n) is 3.08. The molecule has 1 aromatic rings. The number of carbonyl (C=O) groups is 1. The monoisotopic (exact) mass is 149 g/mol. The highest BCUT2D eigenvalue weighted by Gasteiger charge is 1.93. The second-order valence-electron chi connectivity index (χ2n) is 1.93. The van der Waals surface area contributed by atoms with Gasteiger partial charge in [0.25, 0.3) is 0 Å². The molecule has 0 heterocycles. The Bertz CT molecular complexity index is 233. The maximum atomic E-state index is 10.1. The summed E-state index contributed by atoms with van der Waals surface area (Å²) in [4.78, 5) is 10.1. The van der Waals surface area contributed by atoms with Crippen LogP contribution in [0.5, 0.6) is 0 Å². The van der Waals surface area contributed by atoms with Gasteiger partial charge in [0.05, 0.1) is 0 Å². The van der Waals surface area contributed by atoms with Gasteiger partial charge in [0.1, 0.15) is 6.61 Å². The topological polar surface area (TPSA) is 52.3 Å². The Morgan fingerprint density at radius 3 is 3.09 bits per heavy atom. The van der Waals surface area contributed by atoms with Crippen LogP contribution in [-0.4, -0.2) is 6.09 Å². The van der Waals surface area contributed by atoms with Crippen LogP contribution in [0.15, 0.2) is 18.2 Å². The molecule has 56 valence electrons. The van der Waals surface area contributed by atoms with Crippen LogP contribution in [0.25, 0.3) is 0 Å². The summed E-state index contributed by atoms with van der Waals surface area (Å²) in [6, 6.07) is 10.8. The minimum atomic E-state index is -0.776. The van der Waals surface area contributed by atoms with E-state index < -0.39 is 6.09 Å². The number of amides is 1. The van der Waals surface area contributed by atoms with Crippen molar-refractivity contribution in [3.8, 4) is 0 Å². The molecule has 11 heavy (non-hydrogen) atoms. The third-order valence-corrected chi connectivity index (χ3v) is 1.08. The van der Waals surface area contributed by atoms with Gasteiger partial charge in [0.2, 0.25) is 0 Å². The lowest BCUT2D eigenvalue weighted by Crippen LogP contribution is -2.12. The van der Waals surface area contributed by atoms with Crippen molar-refractivity contribution in [2.45, 2.75) is 6.61 Å². The molecule has 0 atom stereocenters. The molecular weight excluding hydrogens is 142 g/mol. The molecule has 0 bridgehead atoms. The summed E-state index contributed by atoms with van der Waals surface area (Å²) < 4.78 is 4.52. The van der Waals surface area contributed by atoms with Crippen molar-refractivity contribution in [3.05, 3.63) is 35.9 Å². The Hall–Kier alpha value is -1.69. The third kappa shape index (κ3) is 2.59. The Kier molecular flexibility index (Phi) is 2.34. The molecule has 2 N–H and O–H groups in total. The van der Waals surface area contributed by atoms with Crippen LogP contribution < -0.4 is 5.73 Å². The van der Waals surface area contributed by atoms with E-state index in [0.717, 1.165) is 5.56 Å². The summed E-state index contributed by atoms with van der Waals surface area (Å²) in [5.74, 6) is 0. The molecule has 0 saturated carbocycles.